The molecule has 0 saturated carbocycles. The first-order valence-electron chi connectivity index (χ1n) is 5.94. The van der Waals surface area contributed by atoms with Gasteiger partial charge in [0.15, 0.2) is 5.25 Å². The molecule has 8 heteroatoms. The van der Waals surface area contributed by atoms with E-state index in [4.69, 9.17) is 10.2 Å². The molecule has 7 nitrogen and oxygen atoms in total. The normalized spacial score (nSPS) is 21.4. The second-order valence-electron chi connectivity index (χ2n) is 4.34. The Morgan fingerprint density at radius 1 is 1.28 bits per heavy atom. The molecule has 0 spiro atoms. The van der Waals surface area contributed by atoms with Gasteiger partial charge in [0, 0.05) is 26.2 Å². The van der Waals surface area contributed by atoms with Crippen molar-refractivity contribution in [2.45, 2.75) is 18.6 Å². The largest absolute Gasteiger partial charge is 0.480 e. The molecule has 1 rings (SSSR count). The summed E-state index contributed by atoms with van der Waals surface area (Å²) in [5, 5.41) is 16.2. The molecule has 1 atom stereocenters. The van der Waals surface area contributed by atoms with E-state index in [0.29, 0.717) is 32.6 Å². The quantitative estimate of drug-likeness (QED) is 0.656. The lowest BCUT2D eigenvalue weighted by Gasteiger charge is -2.22. The van der Waals surface area contributed by atoms with Gasteiger partial charge in [-0.2, -0.15) is 4.31 Å². The zero-order chi connectivity index (χ0) is 13.8. The summed E-state index contributed by atoms with van der Waals surface area (Å²) in [4.78, 5) is 12.8. The Morgan fingerprint density at radius 3 is 2.50 bits per heavy atom. The van der Waals surface area contributed by atoms with Crippen LogP contribution in [0, 0.1) is 0 Å². The van der Waals surface area contributed by atoms with E-state index >= 15 is 0 Å². The topological polar surface area (TPSA) is 98.1 Å². The minimum Gasteiger partial charge on any atom is -0.480 e. The van der Waals surface area contributed by atoms with Gasteiger partial charge >= 0.3 is 5.97 Å². The molecule has 1 aliphatic heterocycles. The highest BCUT2D eigenvalue weighted by Gasteiger charge is 2.34. The summed E-state index contributed by atoms with van der Waals surface area (Å²) in [6, 6.07) is 0. The molecule has 0 bridgehead atoms. The Bertz CT molecular complexity index is 384. The van der Waals surface area contributed by atoms with E-state index in [0.717, 1.165) is 0 Å². The maximum atomic E-state index is 12.0. The predicted octanol–water partition coefficient (Wildman–Crippen LogP) is -1.21. The second kappa shape index (κ2) is 6.46. The maximum absolute atomic E-state index is 12.0. The van der Waals surface area contributed by atoms with Crippen molar-refractivity contribution in [1.29, 1.82) is 0 Å². The highest BCUT2D eigenvalue weighted by Crippen LogP contribution is 2.13. The molecular formula is C10H20N2O5S. The number of sulfonamides is 1. The number of hydrogen-bond acceptors (Lipinski definition) is 5. The minimum absolute atomic E-state index is 0.0400. The standard InChI is InChI=1S/C10H20N2O5S/c1-9(10(14)15)18(16,17)12-4-2-3-11(5-6-12)7-8-13/h9,13H,2-8H2,1H3,(H,14,15). The summed E-state index contributed by atoms with van der Waals surface area (Å²) in [5.41, 5.74) is 0. The van der Waals surface area contributed by atoms with Crippen LogP contribution in [0.5, 0.6) is 0 Å². The highest BCUT2D eigenvalue weighted by molar-refractivity contribution is 7.90. The van der Waals surface area contributed by atoms with E-state index in [2.05, 4.69) is 0 Å². The first kappa shape index (κ1) is 15.4. The van der Waals surface area contributed by atoms with Crippen molar-refractivity contribution in [2.24, 2.45) is 0 Å². The summed E-state index contributed by atoms with van der Waals surface area (Å²) < 4.78 is 25.3. The first-order valence-corrected chi connectivity index (χ1v) is 7.45. The Kier molecular flexibility index (Phi) is 5.51. The summed E-state index contributed by atoms with van der Waals surface area (Å²) >= 11 is 0. The van der Waals surface area contributed by atoms with Crippen molar-refractivity contribution in [3.63, 3.8) is 0 Å². The van der Waals surface area contributed by atoms with Crippen molar-refractivity contribution >= 4 is 16.0 Å². The van der Waals surface area contributed by atoms with Crippen LogP contribution >= 0.6 is 0 Å². The van der Waals surface area contributed by atoms with Crippen LogP contribution in [0.1, 0.15) is 13.3 Å². The molecule has 1 unspecified atom stereocenters. The fourth-order valence-corrected chi connectivity index (χ4v) is 3.34. The van der Waals surface area contributed by atoms with E-state index in [9.17, 15) is 13.2 Å². The number of carboxylic acids is 1. The number of aliphatic carboxylic acids is 1. The SMILES string of the molecule is CC(C(=O)O)S(=O)(=O)N1CCCN(CCO)CC1. The Balaban J connectivity index is 2.70. The van der Waals surface area contributed by atoms with Crippen molar-refractivity contribution < 1.29 is 23.4 Å². The molecule has 1 aliphatic rings. The van der Waals surface area contributed by atoms with Gasteiger partial charge in [0.1, 0.15) is 0 Å². The molecular weight excluding hydrogens is 260 g/mol. The van der Waals surface area contributed by atoms with Gasteiger partial charge in [0.25, 0.3) is 0 Å². The first-order chi connectivity index (χ1) is 8.39. The molecule has 1 heterocycles. The molecule has 0 amide bonds. The van der Waals surface area contributed by atoms with Crippen LogP contribution < -0.4 is 0 Å². The molecule has 0 aromatic carbocycles. The number of nitrogens with zero attached hydrogens (tertiary/aromatic N) is 2. The number of carbonyl (C=O) groups is 1. The van der Waals surface area contributed by atoms with Gasteiger partial charge in [-0.25, -0.2) is 8.42 Å². The van der Waals surface area contributed by atoms with E-state index in [1.807, 2.05) is 4.90 Å². The van der Waals surface area contributed by atoms with E-state index in [1.165, 1.54) is 11.2 Å². The van der Waals surface area contributed by atoms with Crippen molar-refractivity contribution in [3.8, 4) is 0 Å². The third-order valence-electron chi connectivity index (χ3n) is 3.12. The van der Waals surface area contributed by atoms with Gasteiger partial charge in [0.2, 0.25) is 10.0 Å². The molecule has 0 aliphatic carbocycles. The van der Waals surface area contributed by atoms with Crippen LogP contribution in [0.15, 0.2) is 0 Å². The fraction of sp³-hybridized carbons (Fsp3) is 0.900. The van der Waals surface area contributed by atoms with Gasteiger partial charge in [-0.3, -0.25) is 9.69 Å². The second-order valence-corrected chi connectivity index (χ2v) is 6.60. The van der Waals surface area contributed by atoms with Gasteiger partial charge in [-0.1, -0.05) is 0 Å². The van der Waals surface area contributed by atoms with Crippen LogP contribution in [-0.4, -0.2) is 78.4 Å². The van der Waals surface area contributed by atoms with Crippen LogP contribution in [0.25, 0.3) is 0 Å². The number of aliphatic hydroxyl groups is 1. The van der Waals surface area contributed by atoms with E-state index < -0.39 is 21.2 Å². The molecule has 0 radical (unpaired) electrons. The lowest BCUT2D eigenvalue weighted by atomic mass is 10.4. The average molecular weight is 280 g/mol. The summed E-state index contributed by atoms with van der Waals surface area (Å²) in [5.74, 6) is -1.33. The Labute approximate surface area is 107 Å². The number of β-amino-alcohol motifs (C(OH)–C–C–N with tert-alkyl or cyclic N) is 1. The summed E-state index contributed by atoms with van der Waals surface area (Å²) in [6.45, 7) is 3.59. The lowest BCUT2D eigenvalue weighted by molar-refractivity contribution is -0.136. The molecule has 18 heavy (non-hydrogen) atoms. The van der Waals surface area contributed by atoms with Gasteiger partial charge < -0.3 is 10.2 Å². The highest BCUT2D eigenvalue weighted by atomic mass is 32.2. The molecule has 1 fully saturated rings. The van der Waals surface area contributed by atoms with Gasteiger partial charge in [-0.05, 0) is 19.9 Å². The number of hydrogen-bond donors (Lipinski definition) is 2. The van der Waals surface area contributed by atoms with E-state index in [-0.39, 0.29) is 13.2 Å². The van der Waals surface area contributed by atoms with Crippen LogP contribution in [0.3, 0.4) is 0 Å². The predicted molar refractivity (Wildman–Crippen MR) is 65.7 cm³/mol. The van der Waals surface area contributed by atoms with Crippen molar-refractivity contribution in [2.75, 3.05) is 39.3 Å². The smallest absolute Gasteiger partial charge is 0.323 e. The maximum Gasteiger partial charge on any atom is 0.323 e. The Hall–Kier alpha value is -0.700. The molecule has 2 N–H and O–H groups in total. The van der Waals surface area contributed by atoms with Crippen LogP contribution in [0.4, 0.5) is 0 Å². The van der Waals surface area contributed by atoms with Crippen LogP contribution in [0.2, 0.25) is 0 Å². The number of aliphatic hydroxyl groups excluding tert-OH is 1. The minimum atomic E-state index is -3.78. The van der Waals surface area contributed by atoms with Crippen molar-refractivity contribution in [1.82, 2.24) is 9.21 Å². The third-order valence-corrected chi connectivity index (χ3v) is 5.30. The summed E-state index contributed by atoms with van der Waals surface area (Å²) in [6.07, 6.45) is 0.644. The zero-order valence-corrected chi connectivity index (χ0v) is 11.3. The summed E-state index contributed by atoms with van der Waals surface area (Å²) in [7, 11) is -3.78. The van der Waals surface area contributed by atoms with Gasteiger partial charge in [0.05, 0.1) is 6.61 Å². The number of carboxylic acid groups (broad SMARTS) is 1. The molecule has 1 saturated heterocycles. The zero-order valence-electron chi connectivity index (χ0n) is 10.4. The lowest BCUT2D eigenvalue weighted by Crippen LogP contribution is -2.43. The Morgan fingerprint density at radius 2 is 1.94 bits per heavy atom. The van der Waals surface area contributed by atoms with Crippen molar-refractivity contribution in [3.05, 3.63) is 0 Å². The fourth-order valence-electron chi connectivity index (χ4n) is 1.92. The monoisotopic (exact) mass is 280 g/mol. The molecule has 0 aromatic heterocycles. The van der Waals surface area contributed by atoms with Gasteiger partial charge in [-0.15, -0.1) is 0 Å². The number of rotatable bonds is 5. The molecule has 0 aromatic rings. The van der Waals surface area contributed by atoms with E-state index in [1.54, 1.807) is 0 Å². The van der Waals surface area contributed by atoms with Crippen LogP contribution in [-0.2, 0) is 14.8 Å². The molecule has 106 valence electrons. The average Bonchev–Trinajstić information content (AvgIpc) is 2.54. The third kappa shape index (κ3) is 3.64.